The molecular weight excluding hydrogens is 949 g/mol. The van der Waals surface area contributed by atoms with E-state index in [4.69, 9.17) is 0 Å². The van der Waals surface area contributed by atoms with Gasteiger partial charge in [-0.1, -0.05) is 82.9 Å². The van der Waals surface area contributed by atoms with Crippen LogP contribution >= 0.6 is 0 Å². The normalized spacial score (nSPS) is 12.1. The van der Waals surface area contributed by atoms with Gasteiger partial charge in [-0.15, -0.1) is 0 Å². The highest BCUT2D eigenvalue weighted by atomic mass is 19.1. The van der Waals surface area contributed by atoms with Gasteiger partial charge in [-0.25, -0.2) is 8.78 Å². The molecule has 0 amide bonds. The molecule has 0 radical (unpaired) electrons. The van der Waals surface area contributed by atoms with Crippen LogP contribution < -0.4 is 0 Å². The lowest BCUT2D eigenvalue weighted by molar-refractivity contribution is 0.629. The third kappa shape index (κ3) is 6.42. The Morgan fingerprint density at radius 2 is 0.584 bits per heavy atom. The van der Waals surface area contributed by atoms with Gasteiger partial charge >= 0.3 is 0 Å². The Labute approximate surface area is 444 Å². The number of fused-ring (bicyclic) bond motifs is 12. The van der Waals surface area contributed by atoms with Crippen molar-refractivity contribution in [2.24, 2.45) is 0 Å². The van der Waals surface area contributed by atoms with Gasteiger partial charge in [0.05, 0.1) is 66.9 Å². The van der Waals surface area contributed by atoms with E-state index in [2.05, 4.69) is 172 Å². The molecular formula is C70H53F2N5. The van der Waals surface area contributed by atoms with Gasteiger partial charge < -0.3 is 18.3 Å². The molecule has 10 aromatic carbocycles. The molecule has 0 aliphatic carbocycles. The van der Waals surface area contributed by atoms with Crippen LogP contribution in [-0.2, 0) is 0 Å². The predicted molar refractivity (Wildman–Crippen MR) is 316 cm³/mol. The van der Waals surface area contributed by atoms with E-state index in [-0.39, 0.29) is 11.6 Å². The minimum absolute atomic E-state index is 0.350. The molecule has 0 spiro atoms. The number of para-hydroxylation sites is 2. The molecule has 7 heteroatoms. The Balaban J connectivity index is 1.41. The smallest absolute Gasteiger partial charge is 0.123 e. The standard InChI is InChI=1S/C70H53F2N5/c1-37-18-24-59-50(30-37)51-31-38(2)19-25-60(51)76(59)69-66(65-44(8)42(6)41(5)43(7)45(65)9)70(77-61-26-20-39(3)32-52(61)53-33-40(4)21-27-62(53)77)68(75-58-17-13-11-15-49(58)55-35-47(72)23-29-64(55)75)56(36-73)67(69)74-57-16-12-10-14-48(57)54-34-46(71)22-28-63(54)74/h10-35H,1-9H3. The highest BCUT2D eigenvalue weighted by Crippen LogP contribution is 2.54. The van der Waals surface area contributed by atoms with Gasteiger partial charge in [-0.05, 0) is 193 Å². The third-order valence-electron chi connectivity index (χ3n) is 17.1. The number of nitrogens with zero attached hydrogens (tertiary/aromatic N) is 5. The van der Waals surface area contributed by atoms with E-state index < -0.39 is 0 Å². The first-order valence-electron chi connectivity index (χ1n) is 26.4. The Kier molecular flexibility index (Phi) is 9.99. The zero-order valence-corrected chi connectivity index (χ0v) is 44.5. The molecule has 4 aromatic heterocycles. The van der Waals surface area contributed by atoms with Gasteiger partial charge in [0.1, 0.15) is 23.3 Å². The third-order valence-corrected chi connectivity index (χ3v) is 17.1. The predicted octanol–water partition coefficient (Wildman–Crippen LogP) is 18.7. The molecule has 4 heterocycles. The van der Waals surface area contributed by atoms with Gasteiger partial charge in [0.15, 0.2) is 0 Å². The molecule has 0 unspecified atom stereocenters. The molecule has 0 fully saturated rings. The summed E-state index contributed by atoms with van der Waals surface area (Å²) in [5.41, 5.74) is 22.6. The number of rotatable bonds is 5. The van der Waals surface area contributed by atoms with Crippen LogP contribution in [0.4, 0.5) is 8.78 Å². The van der Waals surface area contributed by atoms with E-state index in [1.54, 1.807) is 12.1 Å². The number of aromatic nitrogens is 4. The zero-order valence-electron chi connectivity index (χ0n) is 44.5. The average molecular weight is 1000 g/mol. The minimum atomic E-state index is -0.350. The van der Waals surface area contributed by atoms with Gasteiger partial charge in [-0.2, -0.15) is 5.26 Å². The largest absolute Gasteiger partial charge is 0.306 e. The van der Waals surface area contributed by atoms with Crippen LogP contribution in [0.5, 0.6) is 0 Å². The summed E-state index contributed by atoms with van der Waals surface area (Å²) < 4.78 is 41.1. The first-order valence-corrected chi connectivity index (χ1v) is 26.4. The van der Waals surface area contributed by atoms with Crippen LogP contribution in [0.25, 0.3) is 121 Å². The second-order valence-corrected chi connectivity index (χ2v) is 21.5. The van der Waals surface area contributed by atoms with Gasteiger partial charge in [-0.3, -0.25) is 0 Å². The van der Waals surface area contributed by atoms with E-state index in [0.717, 1.165) is 143 Å². The number of hydrogen-bond acceptors (Lipinski definition) is 1. The quantitative estimate of drug-likeness (QED) is 0.169. The van der Waals surface area contributed by atoms with Crippen molar-refractivity contribution < 1.29 is 8.78 Å². The summed E-state index contributed by atoms with van der Waals surface area (Å²) in [4.78, 5) is 0. The summed E-state index contributed by atoms with van der Waals surface area (Å²) in [6.07, 6.45) is 0. The maximum atomic E-state index is 15.9. The summed E-state index contributed by atoms with van der Waals surface area (Å²) in [7, 11) is 0. The molecule has 0 atom stereocenters. The molecule has 14 rings (SSSR count). The second-order valence-electron chi connectivity index (χ2n) is 21.5. The number of aryl methyl sites for hydroxylation is 4. The van der Waals surface area contributed by atoms with Crippen LogP contribution in [0.15, 0.2) is 158 Å². The fourth-order valence-corrected chi connectivity index (χ4v) is 13.1. The summed E-state index contributed by atoms with van der Waals surface area (Å²) in [6.45, 7) is 19.7. The maximum Gasteiger partial charge on any atom is 0.123 e. The van der Waals surface area contributed by atoms with Crippen LogP contribution in [0, 0.1) is 85.3 Å². The van der Waals surface area contributed by atoms with Crippen molar-refractivity contribution >= 4 is 87.2 Å². The van der Waals surface area contributed by atoms with Crippen molar-refractivity contribution in [3.05, 3.63) is 225 Å². The average Bonchev–Trinajstić information content (AvgIpc) is 4.30. The van der Waals surface area contributed by atoms with Gasteiger partial charge in [0, 0.05) is 48.7 Å². The van der Waals surface area contributed by atoms with Crippen molar-refractivity contribution in [1.82, 2.24) is 18.3 Å². The van der Waals surface area contributed by atoms with Crippen LogP contribution in [-0.4, -0.2) is 18.3 Å². The van der Waals surface area contributed by atoms with Crippen molar-refractivity contribution in [2.75, 3.05) is 0 Å². The molecule has 0 N–H and O–H groups in total. The Morgan fingerprint density at radius 3 is 0.935 bits per heavy atom. The first kappa shape index (κ1) is 46.3. The molecule has 372 valence electrons. The molecule has 0 aliphatic heterocycles. The molecule has 5 nitrogen and oxygen atoms in total. The number of hydrogen-bond donors (Lipinski definition) is 0. The highest BCUT2D eigenvalue weighted by molar-refractivity contribution is 6.17. The summed E-state index contributed by atoms with van der Waals surface area (Å²) >= 11 is 0. The second kappa shape index (κ2) is 16.6. The Bertz CT molecular complexity index is 4590. The zero-order chi connectivity index (χ0) is 53.0. The topological polar surface area (TPSA) is 43.5 Å². The van der Waals surface area contributed by atoms with Crippen molar-refractivity contribution in [1.29, 1.82) is 5.26 Å². The summed E-state index contributed by atoms with van der Waals surface area (Å²) in [6, 6.07) is 56.0. The number of halogens is 2. The van der Waals surface area contributed by atoms with E-state index in [1.165, 1.54) is 28.8 Å². The fourth-order valence-electron chi connectivity index (χ4n) is 13.1. The summed E-state index contributed by atoms with van der Waals surface area (Å²) in [5, 5.41) is 20.4. The Morgan fingerprint density at radius 1 is 0.299 bits per heavy atom. The first-order chi connectivity index (χ1) is 37.2. The molecule has 0 saturated heterocycles. The van der Waals surface area contributed by atoms with E-state index in [1.807, 2.05) is 48.5 Å². The SMILES string of the molecule is Cc1ccc2c(c1)c1cc(C)ccc1n2-c1c(-c2c(C)c(C)c(C)c(C)c2C)c(-n2c3ccc(C)cc3c3cc(C)ccc32)c(-n2c3ccccc3c3cc(F)ccc32)c(C#N)c1-n1c2ccccc2c2cc(F)ccc21. The van der Waals surface area contributed by atoms with Crippen LogP contribution in [0.1, 0.15) is 55.6 Å². The maximum absolute atomic E-state index is 15.9. The van der Waals surface area contributed by atoms with Crippen LogP contribution in [0.3, 0.4) is 0 Å². The lowest BCUT2D eigenvalue weighted by atomic mass is 9.83. The van der Waals surface area contributed by atoms with E-state index in [9.17, 15) is 5.26 Å². The van der Waals surface area contributed by atoms with Crippen LogP contribution in [0.2, 0.25) is 0 Å². The fraction of sp³-hybridized carbons (Fsp3) is 0.129. The molecule has 77 heavy (non-hydrogen) atoms. The van der Waals surface area contributed by atoms with E-state index >= 15 is 8.78 Å². The molecule has 0 saturated carbocycles. The van der Waals surface area contributed by atoms with Crippen molar-refractivity contribution in [2.45, 2.75) is 62.3 Å². The molecule has 14 aromatic rings. The van der Waals surface area contributed by atoms with Gasteiger partial charge in [0.25, 0.3) is 0 Å². The number of nitriles is 1. The van der Waals surface area contributed by atoms with Gasteiger partial charge in [0.2, 0.25) is 0 Å². The lowest BCUT2D eigenvalue weighted by Gasteiger charge is -2.31. The lowest BCUT2D eigenvalue weighted by Crippen LogP contribution is -2.17. The Hall–Kier alpha value is -9.25. The monoisotopic (exact) mass is 1000 g/mol. The van der Waals surface area contributed by atoms with Crippen molar-refractivity contribution in [3.8, 4) is 39.9 Å². The summed E-state index contributed by atoms with van der Waals surface area (Å²) in [5.74, 6) is -0.700. The molecule has 0 aliphatic rings. The van der Waals surface area contributed by atoms with Crippen molar-refractivity contribution in [3.63, 3.8) is 0 Å². The van der Waals surface area contributed by atoms with E-state index in [0.29, 0.717) is 16.9 Å². The highest BCUT2D eigenvalue weighted by Gasteiger charge is 2.36. The minimum Gasteiger partial charge on any atom is -0.306 e. The molecule has 0 bridgehead atoms. The number of benzene rings is 10.